The summed E-state index contributed by atoms with van der Waals surface area (Å²) >= 11 is 3.07. The van der Waals surface area contributed by atoms with Crippen LogP contribution >= 0.6 is 34.0 Å². The normalized spacial score (nSPS) is 19.2. The molecule has 3 aromatic rings. The third-order valence-electron chi connectivity index (χ3n) is 17.1. The van der Waals surface area contributed by atoms with Crippen LogP contribution in [-0.2, 0) is 43.0 Å². The molecule has 0 saturated heterocycles. The number of hydrogen-bond acceptors (Lipinski definition) is 15. The van der Waals surface area contributed by atoms with E-state index in [9.17, 15) is 58.5 Å². The first-order chi connectivity index (χ1) is 46.1. The van der Waals surface area contributed by atoms with E-state index in [0.29, 0.717) is 32.4 Å². The van der Waals surface area contributed by atoms with Crippen molar-refractivity contribution in [2.45, 2.75) is 178 Å². The highest BCUT2D eigenvalue weighted by Gasteiger charge is 2.43. The molecule has 0 aliphatic heterocycles. The van der Waals surface area contributed by atoms with E-state index in [2.05, 4.69) is 56.3 Å². The minimum atomic E-state index is -1.15. The molecule has 6 rings (SSSR count). The van der Waals surface area contributed by atoms with Crippen LogP contribution in [0.4, 0.5) is 17.1 Å². The number of carboxylic acid groups (broad SMARTS) is 3. The summed E-state index contributed by atoms with van der Waals surface area (Å²) in [5.41, 5.74) is -0.144. The Morgan fingerprint density at radius 3 is 0.768 bits per heavy atom. The third-order valence-corrected chi connectivity index (χ3v) is 20.2. The third kappa shape index (κ3) is 24.9. The number of carbonyl (C=O) groups excluding carboxylic acids is 6. The number of nitrogens with zero attached hydrogens (tertiary/aromatic N) is 6. The van der Waals surface area contributed by atoms with Gasteiger partial charge in [0, 0.05) is 97.6 Å². The van der Waals surface area contributed by atoms with Crippen molar-refractivity contribution in [1.29, 1.82) is 0 Å². The standard InChI is InChI=1S/3C25H36N2O5S/c3*1-16-8-10-17(11-9-16)22(28)27(20(15-32-7)23(29)26(5)6)19-14-18(12-13-25(2,3)4)33-21(19)24(30)31/h3*14,16-17,20H,8-11,15H2,1-7H3,(H,30,31)/t2*16?,17?,20-;/m00./s1. The number of carbonyl (C=O) groups is 9. The van der Waals surface area contributed by atoms with Gasteiger partial charge < -0.3 is 44.2 Å². The predicted octanol–water partition coefficient (Wildman–Crippen LogP) is 12.3. The Balaban J connectivity index is 0.000000315. The number of likely N-dealkylation sites (N-methyl/N-ethyl adjacent to an activating group) is 3. The number of anilines is 3. The number of thiophene rings is 3. The highest BCUT2D eigenvalue weighted by atomic mass is 32.1. The molecule has 0 aromatic carbocycles. The van der Waals surface area contributed by atoms with Crippen molar-refractivity contribution in [3.05, 3.63) is 47.5 Å². The fourth-order valence-corrected chi connectivity index (χ4v) is 14.2. The SMILES string of the molecule is COCC(C(=O)N(C)C)N(C(=O)C1CCC(C)CC1)c1cc(C#CC(C)(C)C)sc1C(=O)O.COC[C@@H](C(=O)N(C)C)N(C(=O)C1CCC(C)CC1)c1cc(C#CC(C)(C)C)sc1C(=O)O.COC[C@@H](C(=O)N(C)C)N(C(=O)C1CCC(C)CC1)c1cc(C#CC(C)(C)C)sc1C(=O)O. The van der Waals surface area contributed by atoms with Crippen molar-refractivity contribution in [3.8, 4) is 35.5 Å². The lowest BCUT2D eigenvalue weighted by atomic mass is 9.82. The van der Waals surface area contributed by atoms with Crippen LogP contribution in [0.3, 0.4) is 0 Å². The van der Waals surface area contributed by atoms with Crippen molar-refractivity contribution >= 4 is 104 Å². The van der Waals surface area contributed by atoms with Crippen molar-refractivity contribution in [1.82, 2.24) is 14.7 Å². The summed E-state index contributed by atoms with van der Waals surface area (Å²) in [4.78, 5) is 127. The zero-order valence-electron chi connectivity index (χ0n) is 62.2. The monoisotopic (exact) mass is 1430 g/mol. The van der Waals surface area contributed by atoms with Crippen LogP contribution in [0.5, 0.6) is 0 Å². The molecule has 21 nitrogen and oxygen atoms in total. The van der Waals surface area contributed by atoms with Gasteiger partial charge in [-0.3, -0.25) is 43.5 Å². The van der Waals surface area contributed by atoms with Gasteiger partial charge in [0.1, 0.15) is 32.8 Å². The van der Waals surface area contributed by atoms with E-state index >= 15 is 0 Å². The van der Waals surface area contributed by atoms with Crippen LogP contribution in [0.25, 0.3) is 0 Å². The predicted molar refractivity (Wildman–Crippen MR) is 392 cm³/mol. The van der Waals surface area contributed by atoms with Gasteiger partial charge >= 0.3 is 17.9 Å². The number of methoxy groups -OCH3 is 3. The minimum Gasteiger partial charge on any atom is -0.477 e. The zero-order valence-corrected chi connectivity index (χ0v) is 64.6. The Morgan fingerprint density at radius 2 is 0.606 bits per heavy atom. The van der Waals surface area contributed by atoms with E-state index < -0.39 is 36.0 Å². The second-order valence-electron chi connectivity index (χ2n) is 30.0. The van der Waals surface area contributed by atoms with E-state index in [1.54, 1.807) is 60.5 Å². The molecule has 3 aliphatic carbocycles. The van der Waals surface area contributed by atoms with Crippen LogP contribution in [0, 0.1) is 87.3 Å². The van der Waals surface area contributed by atoms with Crippen LogP contribution < -0.4 is 14.7 Å². The van der Waals surface area contributed by atoms with Crippen LogP contribution in [0.1, 0.15) is 204 Å². The zero-order chi connectivity index (χ0) is 74.8. The number of aromatic carboxylic acids is 3. The molecule has 3 aromatic heterocycles. The number of amides is 6. The van der Waals surface area contributed by atoms with Crippen LogP contribution in [0.15, 0.2) is 18.2 Å². The molecule has 3 heterocycles. The maximum absolute atomic E-state index is 13.8. The van der Waals surface area contributed by atoms with Gasteiger partial charge in [-0.25, -0.2) is 14.4 Å². The lowest BCUT2D eigenvalue weighted by Crippen LogP contribution is -2.54. The van der Waals surface area contributed by atoms with Gasteiger partial charge in [0.05, 0.1) is 51.5 Å². The quantitative estimate of drug-likeness (QED) is 0.0838. The summed E-state index contributed by atoms with van der Waals surface area (Å²) in [6.45, 7) is 24.1. The summed E-state index contributed by atoms with van der Waals surface area (Å²) in [6.07, 6.45) is 9.88. The van der Waals surface area contributed by atoms with E-state index in [1.165, 1.54) is 50.7 Å². The first-order valence-corrected chi connectivity index (χ1v) is 36.3. The smallest absolute Gasteiger partial charge is 0.348 e. The van der Waals surface area contributed by atoms with Gasteiger partial charge in [-0.05, 0) is 175 Å². The van der Waals surface area contributed by atoms with Gasteiger partial charge in [0.2, 0.25) is 35.4 Å². The van der Waals surface area contributed by atoms with E-state index in [4.69, 9.17) is 14.2 Å². The molecule has 0 spiro atoms. The summed E-state index contributed by atoms with van der Waals surface area (Å²) in [6, 6.07) is 1.99. The average Bonchev–Trinajstić information content (AvgIpc) is 1.71. The number of ether oxygens (including phenoxy) is 3. The first-order valence-electron chi connectivity index (χ1n) is 33.9. The molecule has 3 N–H and O–H groups in total. The van der Waals surface area contributed by atoms with Gasteiger partial charge in [-0.1, -0.05) is 56.3 Å². The number of carboxylic acids is 3. The molecule has 3 aliphatic rings. The van der Waals surface area contributed by atoms with Crippen molar-refractivity contribution in [2.24, 2.45) is 51.8 Å². The Hall–Kier alpha value is -7.11. The summed E-state index contributed by atoms with van der Waals surface area (Å²) in [7, 11) is 14.1. The number of rotatable bonds is 21. The molecule has 0 bridgehead atoms. The van der Waals surface area contributed by atoms with Crippen molar-refractivity contribution in [3.63, 3.8) is 0 Å². The van der Waals surface area contributed by atoms with Crippen LogP contribution in [0.2, 0.25) is 0 Å². The fourth-order valence-electron chi connectivity index (χ4n) is 11.6. The van der Waals surface area contributed by atoms with E-state index in [-0.39, 0.29) is 121 Å². The van der Waals surface area contributed by atoms with Crippen LogP contribution in [-0.4, -0.2) is 185 Å². The Labute approximate surface area is 599 Å². The lowest BCUT2D eigenvalue weighted by Gasteiger charge is -2.36. The van der Waals surface area contributed by atoms with Gasteiger partial charge in [-0.2, -0.15) is 0 Å². The maximum atomic E-state index is 13.8. The highest BCUT2D eigenvalue weighted by Crippen LogP contribution is 2.41. The van der Waals surface area contributed by atoms with Gasteiger partial charge in [0.15, 0.2) is 0 Å². The van der Waals surface area contributed by atoms with Gasteiger partial charge in [0.25, 0.3) is 0 Å². The lowest BCUT2D eigenvalue weighted by molar-refractivity contribution is -0.135. The first kappa shape index (κ1) is 84.3. The van der Waals surface area contributed by atoms with E-state index in [0.717, 1.165) is 111 Å². The molecule has 3 saturated carbocycles. The second-order valence-corrected chi connectivity index (χ2v) is 33.2. The average molecular weight is 1430 g/mol. The molecular formula is C75H108N6O15S3. The Bertz CT molecular complexity index is 3140. The molecule has 24 heteroatoms. The van der Waals surface area contributed by atoms with Crippen molar-refractivity contribution < 1.29 is 72.7 Å². The van der Waals surface area contributed by atoms with Crippen molar-refractivity contribution in [2.75, 3.05) is 98.1 Å². The summed E-state index contributed by atoms with van der Waals surface area (Å²) < 4.78 is 16.0. The minimum absolute atomic E-state index is 0.00149. The molecule has 1 unspecified atom stereocenters. The highest BCUT2D eigenvalue weighted by molar-refractivity contribution is 7.16. The van der Waals surface area contributed by atoms with E-state index in [1.807, 2.05) is 62.3 Å². The maximum Gasteiger partial charge on any atom is 0.348 e. The largest absolute Gasteiger partial charge is 0.477 e. The molecule has 6 amide bonds. The Morgan fingerprint density at radius 1 is 0.404 bits per heavy atom. The Kier molecular flexibility index (Phi) is 32.0. The van der Waals surface area contributed by atoms with Gasteiger partial charge in [-0.15, -0.1) is 34.0 Å². The molecular weight excluding hydrogens is 1320 g/mol. The molecule has 99 heavy (non-hydrogen) atoms. The number of hydrogen-bond donors (Lipinski definition) is 3. The fraction of sp³-hybridized carbons (Fsp3) is 0.640. The second kappa shape index (κ2) is 37.5. The summed E-state index contributed by atoms with van der Waals surface area (Å²) in [5.74, 6) is 14.2. The summed E-state index contributed by atoms with van der Waals surface area (Å²) in [5, 5.41) is 29.8. The molecule has 0 radical (unpaired) electrons. The molecule has 546 valence electrons. The molecule has 3 fully saturated rings. The topological polar surface area (TPSA) is 261 Å². The molecule has 3 atom stereocenters.